The number of aryl methyl sites for hydroxylation is 1. The van der Waals surface area contributed by atoms with Gasteiger partial charge in [-0.15, -0.1) is 0 Å². The lowest BCUT2D eigenvalue weighted by Gasteiger charge is -2.11. The van der Waals surface area contributed by atoms with Gasteiger partial charge in [-0.2, -0.15) is 0 Å². The minimum Gasteiger partial charge on any atom is -0.467 e. The van der Waals surface area contributed by atoms with Gasteiger partial charge in [-0.25, -0.2) is 9.97 Å². The summed E-state index contributed by atoms with van der Waals surface area (Å²) in [5.74, 6) is 1.02. The van der Waals surface area contributed by atoms with Crippen LogP contribution >= 0.6 is 0 Å². The molecule has 4 aromatic rings. The molecule has 0 saturated heterocycles. The van der Waals surface area contributed by atoms with E-state index in [2.05, 4.69) is 39.7 Å². The van der Waals surface area contributed by atoms with Gasteiger partial charge >= 0.3 is 0 Å². The highest BCUT2D eigenvalue weighted by Crippen LogP contribution is 2.24. The van der Waals surface area contributed by atoms with Crippen LogP contribution in [0.3, 0.4) is 0 Å². The topological polar surface area (TPSA) is 80.0 Å². The van der Waals surface area contributed by atoms with E-state index < -0.39 is 0 Å². The highest BCUT2D eigenvalue weighted by molar-refractivity contribution is 5.97. The molecule has 0 atom stereocenters. The predicted octanol–water partition coefficient (Wildman–Crippen LogP) is 4.46. The molecule has 0 bridgehead atoms. The molecule has 4 rings (SSSR count). The van der Waals surface area contributed by atoms with Gasteiger partial charge in [0, 0.05) is 11.1 Å². The van der Waals surface area contributed by atoms with Gasteiger partial charge in [0.15, 0.2) is 0 Å². The molecule has 2 heterocycles. The van der Waals surface area contributed by atoms with Crippen LogP contribution in [0.5, 0.6) is 0 Å². The summed E-state index contributed by atoms with van der Waals surface area (Å²) in [6, 6.07) is 19.3. The number of furan rings is 1. The minimum absolute atomic E-state index is 0.109. The third-order valence-electron chi connectivity index (χ3n) is 4.43. The van der Waals surface area contributed by atoms with Crippen molar-refractivity contribution in [2.24, 2.45) is 0 Å². The molecule has 2 aromatic heterocycles. The summed E-state index contributed by atoms with van der Waals surface area (Å²) in [6.07, 6.45) is 2.55. The normalized spacial score (nSPS) is 10.8. The number of hydrogen-bond donors (Lipinski definition) is 2. The third kappa shape index (κ3) is 3.86. The van der Waals surface area contributed by atoms with Crippen LogP contribution < -0.4 is 10.6 Å². The van der Waals surface area contributed by atoms with E-state index in [1.165, 1.54) is 5.56 Å². The van der Waals surface area contributed by atoms with E-state index in [1.54, 1.807) is 18.4 Å². The smallest absolute Gasteiger partial charge is 0.289 e. The Kier molecular flexibility index (Phi) is 5.01. The molecule has 0 saturated carbocycles. The molecule has 2 aromatic carbocycles. The summed E-state index contributed by atoms with van der Waals surface area (Å²) >= 11 is 0. The number of rotatable bonds is 6. The van der Waals surface area contributed by atoms with Gasteiger partial charge in [-0.1, -0.05) is 31.2 Å². The van der Waals surface area contributed by atoms with E-state index in [0.717, 1.165) is 17.5 Å². The summed E-state index contributed by atoms with van der Waals surface area (Å²) in [5.41, 5.74) is 2.87. The average Bonchev–Trinajstić information content (AvgIpc) is 3.26. The lowest BCUT2D eigenvalue weighted by atomic mass is 10.1. The second-order valence-corrected chi connectivity index (χ2v) is 6.35. The molecule has 0 aliphatic carbocycles. The second-order valence-electron chi connectivity index (χ2n) is 6.35. The standard InChI is InChI=1S/C22H20N4O2/c1-2-15-9-11-16(12-10-15)24-20-18-7-3-4-8-19(18)25-21(26-20)22(27)23-14-17-6-5-13-28-17/h3-13H,2,14H2,1H3,(H,23,27)(H,24,25,26). The lowest BCUT2D eigenvalue weighted by Crippen LogP contribution is -2.25. The van der Waals surface area contributed by atoms with Crippen molar-refractivity contribution in [1.29, 1.82) is 0 Å². The van der Waals surface area contributed by atoms with Crippen molar-refractivity contribution in [3.05, 3.63) is 84.1 Å². The average molecular weight is 372 g/mol. The van der Waals surface area contributed by atoms with Crippen LogP contribution in [0.4, 0.5) is 11.5 Å². The Morgan fingerprint density at radius 1 is 1.00 bits per heavy atom. The fourth-order valence-corrected chi connectivity index (χ4v) is 2.89. The van der Waals surface area contributed by atoms with E-state index in [9.17, 15) is 4.79 Å². The Balaban J connectivity index is 1.63. The molecule has 0 aliphatic heterocycles. The molecule has 28 heavy (non-hydrogen) atoms. The Morgan fingerprint density at radius 2 is 1.82 bits per heavy atom. The number of carbonyl (C=O) groups excluding carboxylic acids is 1. The molecule has 6 heteroatoms. The Bertz CT molecular complexity index is 1090. The zero-order valence-electron chi connectivity index (χ0n) is 15.5. The number of aromatic nitrogens is 2. The monoisotopic (exact) mass is 372 g/mol. The number of anilines is 2. The second kappa shape index (κ2) is 7.92. The quantitative estimate of drug-likeness (QED) is 0.522. The van der Waals surface area contributed by atoms with Crippen molar-refractivity contribution < 1.29 is 9.21 Å². The van der Waals surface area contributed by atoms with Crippen molar-refractivity contribution >= 4 is 28.3 Å². The van der Waals surface area contributed by atoms with Crippen molar-refractivity contribution in [1.82, 2.24) is 15.3 Å². The molecule has 0 spiro atoms. The van der Waals surface area contributed by atoms with E-state index >= 15 is 0 Å². The maximum absolute atomic E-state index is 12.6. The van der Waals surface area contributed by atoms with E-state index in [1.807, 2.05) is 36.4 Å². The van der Waals surface area contributed by atoms with E-state index in [0.29, 0.717) is 17.1 Å². The molecule has 0 unspecified atom stereocenters. The molecule has 1 amide bonds. The Labute approximate surface area is 162 Å². The number of carbonyl (C=O) groups is 1. The molecule has 0 aliphatic rings. The maximum atomic E-state index is 12.6. The first-order valence-electron chi connectivity index (χ1n) is 9.16. The molecular weight excluding hydrogens is 352 g/mol. The van der Waals surface area contributed by atoms with Crippen LogP contribution in [-0.2, 0) is 13.0 Å². The van der Waals surface area contributed by atoms with Gasteiger partial charge < -0.3 is 15.1 Å². The van der Waals surface area contributed by atoms with E-state index in [-0.39, 0.29) is 18.3 Å². The first-order valence-corrected chi connectivity index (χ1v) is 9.16. The maximum Gasteiger partial charge on any atom is 0.289 e. The van der Waals surface area contributed by atoms with Gasteiger partial charge in [0.05, 0.1) is 18.3 Å². The zero-order chi connectivity index (χ0) is 19.3. The van der Waals surface area contributed by atoms with Crippen LogP contribution in [-0.4, -0.2) is 15.9 Å². The Morgan fingerprint density at radius 3 is 2.57 bits per heavy atom. The van der Waals surface area contributed by atoms with E-state index in [4.69, 9.17) is 4.42 Å². The fourth-order valence-electron chi connectivity index (χ4n) is 2.89. The number of fused-ring (bicyclic) bond motifs is 1. The van der Waals surface area contributed by atoms with Crippen molar-refractivity contribution in [2.45, 2.75) is 19.9 Å². The van der Waals surface area contributed by atoms with Crippen LogP contribution in [0.2, 0.25) is 0 Å². The number of benzene rings is 2. The van der Waals surface area contributed by atoms with Crippen LogP contribution in [0.15, 0.2) is 71.3 Å². The van der Waals surface area contributed by atoms with Crippen LogP contribution in [0, 0.1) is 0 Å². The van der Waals surface area contributed by atoms with Crippen molar-refractivity contribution in [3.8, 4) is 0 Å². The summed E-state index contributed by atoms with van der Waals surface area (Å²) in [4.78, 5) is 21.5. The van der Waals surface area contributed by atoms with Gasteiger partial charge in [-0.05, 0) is 48.4 Å². The van der Waals surface area contributed by atoms with Crippen LogP contribution in [0.25, 0.3) is 10.9 Å². The number of nitrogens with one attached hydrogen (secondary N) is 2. The highest BCUT2D eigenvalue weighted by atomic mass is 16.3. The zero-order valence-corrected chi connectivity index (χ0v) is 15.5. The predicted molar refractivity (Wildman–Crippen MR) is 109 cm³/mol. The first-order chi connectivity index (χ1) is 13.7. The molecular formula is C22H20N4O2. The number of para-hydroxylation sites is 1. The third-order valence-corrected chi connectivity index (χ3v) is 4.43. The lowest BCUT2D eigenvalue weighted by molar-refractivity contribution is 0.0938. The molecule has 140 valence electrons. The summed E-state index contributed by atoms with van der Waals surface area (Å²) < 4.78 is 5.24. The van der Waals surface area contributed by atoms with Crippen molar-refractivity contribution in [3.63, 3.8) is 0 Å². The Hall–Kier alpha value is -3.67. The molecule has 2 N–H and O–H groups in total. The molecule has 0 fully saturated rings. The van der Waals surface area contributed by atoms with Crippen LogP contribution in [0.1, 0.15) is 28.9 Å². The SMILES string of the molecule is CCc1ccc(Nc2nc(C(=O)NCc3ccco3)nc3ccccc23)cc1. The molecule has 6 nitrogen and oxygen atoms in total. The van der Waals surface area contributed by atoms with Gasteiger partial charge in [0.1, 0.15) is 11.6 Å². The number of nitrogens with zero attached hydrogens (tertiary/aromatic N) is 2. The molecule has 0 radical (unpaired) electrons. The minimum atomic E-state index is -0.355. The summed E-state index contributed by atoms with van der Waals surface area (Å²) in [7, 11) is 0. The summed E-state index contributed by atoms with van der Waals surface area (Å²) in [5, 5.41) is 6.95. The first kappa shape index (κ1) is 17.7. The van der Waals surface area contributed by atoms with Crippen molar-refractivity contribution in [2.75, 3.05) is 5.32 Å². The number of amides is 1. The van der Waals surface area contributed by atoms with Gasteiger partial charge in [-0.3, -0.25) is 4.79 Å². The highest BCUT2D eigenvalue weighted by Gasteiger charge is 2.14. The summed E-state index contributed by atoms with van der Waals surface area (Å²) in [6.45, 7) is 2.40. The fraction of sp³-hybridized carbons (Fsp3) is 0.136. The van der Waals surface area contributed by atoms with Gasteiger partial charge in [0.2, 0.25) is 5.82 Å². The number of hydrogen-bond acceptors (Lipinski definition) is 5. The van der Waals surface area contributed by atoms with Gasteiger partial charge in [0.25, 0.3) is 5.91 Å². The largest absolute Gasteiger partial charge is 0.467 e.